The monoisotopic (exact) mass is 327 g/mol. The number of nitrogens with one attached hydrogen (secondary N) is 1. The normalized spacial score (nSPS) is 19.2. The fraction of sp³-hybridized carbons (Fsp3) is 0.529. The first kappa shape index (κ1) is 15.3. The van der Waals surface area contributed by atoms with E-state index >= 15 is 0 Å². The highest BCUT2D eigenvalue weighted by atomic mass is 16.5. The number of H-pyrrole nitrogens is 1. The number of amides is 1. The number of likely N-dealkylation sites (tertiary alicyclic amines) is 1. The van der Waals surface area contributed by atoms with Gasteiger partial charge in [0.1, 0.15) is 5.60 Å². The highest BCUT2D eigenvalue weighted by Crippen LogP contribution is 2.40. The second kappa shape index (κ2) is 6.32. The molecule has 0 saturated carbocycles. The number of rotatable bonds is 3. The maximum Gasteiger partial charge on any atom is 0.222 e. The minimum absolute atomic E-state index is 0.177. The molecule has 1 spiro atoms. The van der Waals surface area contributed by atoms with Crippen molar-refractivity contribution in [2.24, 2.45) is 0 Å². The third kappa shape index (κ3) is 2.80. The van der Waals surface area contributed by atoms with E-state index in [0.717, 1.165) is 50.3 Å². The van der Waals surface area contributed by atoms with E-state index in [1.807, 2.05) is 11.1 Å². The van der Waals surface area contributed by atoms with Gasteiger partial charge in [0.2, 0.25) is 5.91 Å². The molecule has 0 aromatic carbocycles. The van der Waals surface area contributed by atoms with Crippen LogP contribution in [-0.2, 0) is 28.0 Å². The Morgan fingerprint density at radius 2 is 2.17 bits per heavy atom. The summed E-state index contributed by atoms with van der Waals surface area (Å²) < 4.78 is 6.12. The largest absolute Gasteiger partial charge is 0.368 e. The summed E-state index contributed by atoms with van der Waals surface area (Å²) in [6.07, 6.45) is 10.6. The van der Waals surface area contributed by atoms with Gasteiger partial charge < -0.3 is 9.64 Å². The van der Waals surface area contributed by atoms with Gasteiger partial charge in [0.15, 0.2) is 0 Å². The van der Waals surface area contributed by atoms with Gasteiger partial charge in [0.05, 0.1) is 24.2 Å². The van der Waals surface area contributed by atoms with Crippen molar-refractivity contribution in [3.8, 4) is 0 Å². The van der Waals surface area contributed by atoms with Crippen LogP contribution in [0.5, 0.6) is 0 Å². The van der Waals surface area contributed by atoms with Gasteiger partial charge in [0.25, 0.3) is 0 Å². The molecule has 24 heavy (non-hydrogen) atoms. The fourth-order valence-electron chi connectivity index (χ4n) is 3.69. The van der Waals surface area contributed by atoms with Crippen LogP contribution in [-0.4, -0.2) is 50.7 Å². The number of carbonyl (C=O) groups excluding carboxylic acids is 1. The Labute approximate surface area is 140 Å². The van der Waals surface area contributed by atoms with Crippen molar-refractivity contribution in [1.29, 1.82) is 0 Å². The quantitative estimate of drug-likeness (QED) is 0.916. The second-order valence-electron chi connectivity index (χ2n) is 6.44. The zero-order valence-electron chi connectivity index (χ0n) is 13.6. The number of carbonyl (C=O) groups is 1. The zero-order chi connectivity index (χ0) is 16.4. The SMILES string of the molecule is O=C(CCc1cnccn1)N1CCC2(CC1)OCCc1cn[nH]c12. The minimum atomic E-state index is -0.286. The average Bonchev–Trinajstić information content (AvgIpc) is 3.12. The number of fused-ring (bicyclic) bond motifs is 2. The Bertz CT molecular complexity index is 707. The molecular weight excluding hydrogens is 306 g/mol. The molecule has 0 unspecified atom stereocenters. The number of aromatic amines is 1. The van der Waals surface area contributed by atoms with Crippen LogP contribution in [0.1, 0.15) is 36.2 Å². The van der Waals surface area contributed by atoms with Crippen molar-refractivity contribution in [2.75, 3.05) is 19.7 Å². The molecule has 0 bridgehead atoms. The molecular formula is C17H21N5O2. The summed E-state index contributed by atoms with van der Waals surface area (Å²) in [5.41, 5.74) is 2.94. The summed E-state index contributed by atoms with van der Waals surface area (Å²) in [5, 5.41) is 7.29. The first-order chi connectivity index (χ1) is 11.8. The van der Waals surface area contributed by atoms with Crippen LogP contribution in [0.4, 0.5) is 0 Å². The Morgan fingerprint density at radius 3 is 2.96 bits per heavy atom. The molecule has 1 saturated heterocycles. The number of piperidine rings is 1. The summed E-state index contributed by atoms with van der Waals surface area (Å²) in [4.78, 5) is 22.6. The van der Waals surface area contributed by atoms with Gasteiger partial charge in [0, 0.05) is 38.1 Å². The van der Waals surface area contributed by atoms with Crippen LogP contribution < -0.4 is 0 Å². The lowest BCUT2D eigenvalue weighted by Gasteiger charge is -2.43. The van der Waals surface area contributed by atoms with Crippen LogP contribution in [0.25, 0.3) is 0 Å². The van der Waals surface area contributed by atoms with E-state index in [-0.39, 0.29) is 11.5 Å². The van der Waals surface area contributed by atoms with Crippen molar-refractivity contribution in [1.82, 2.24) is 25.1 Å². The van der Waals surface area contributed by atoms with Crippen molar-refractivity contribution in [3.63, 3.8) is 0 Å². The minimum Gasteiger partial charge on any atom is -0.368 e. The second-order valence-corrected chi connectivity index (χ2v) is 6.44. The van der Waals surface area contributed by atoms with E-state index in [1.165, 1.54) is 5.56 Å². The molecule has 1 fully saturated rings. The lowest BCUT2D eigenvalue weighted by atomic mass is 9.83. The van der Waals surface area contributed by atoms with Crippen molar-refractivity contribution < 1.29 is 9.53 Å². The van der Waals surface area contributed by atoms with Crippen LogP contribution in [0.3, 0.4) is 0 Å². The van der Waals surface area contributed by atoms with Crippen LogP contribution in [0.2, 0.25) is 0 Å². The molecule has 2 aliphatic heterocycles. The molecule has 2 aromatic heterocycles. The highest BCUT2D eigenvalue weighted by Gasteiger charge is 2.42. The maximum atomic E-state index is 12.5. The van der Waals surface area contributed by atoms with Crippen LogP contribution >= 0.6 is 0 Å². The van der Waals surface area contributed by atoms with Crippen molar-refractivity contribution in [3.05, 3.63) is 41.7 Å². The third-order valence-electron chi connectivity index (χ3n) is 5.06. The molecule has 4 heterocycles. The smallest absolute Gasteiger partial charge is 0.222 e. The summed E-state index contributed by atoms with van der Waals surface area (Å²) >= 11 is 0. The summed E-state index contributed by atoms with van der Waals surface area (Å²) in [7, 11) is 0. The summed E-state index contributed by atoms with van der Waals surface area (Å²) in [6.45, 7) is 2.17. The molecule has 126 valence electrons. The van der Waals surface area contributed by atoms with Gasteiger partial charge >= 0.3 is 0 Å². The Hall–Kier alpha value is -2.28. The predicted octanol–water partition coefficient (Wildman–Crippen LogP) is 1.22. The van der Waals surface area contributed by atoms with Crippen molar-refractivity contribution >= 4 is 5.91 Å². The van der Waals surface area contributed by atoms with E-state index in [2.05, 4.69) is 20.2 Å². The molecule has 2 aliphatic rings. The molecule has 7 nitrogen and oxygen atoms in total. The molecule has 0 aliphatic carbocycles. The van der Waals surface area contributed by atoms with Crippen LogP contribution in [0.15, 0.2) is 24.8 Å². The Kier molecular flexibility index (Phi) is 4.02. The lowest BCUT2D eigenvalue weighted by molar-refractivity contribution is -0.141. The van der Waals surface area contributed by atoms with E-state index in [1.54, 1.807) is 18.6 Å². The van der Waals surface area contributed by atoms with Crippen LogP contribution in [0, 0.1) is 0 Å². The topological polar surface area (TPSA) is 84.0 Å². The van der Waals surface area contributed by atoms with Gasteiger partial charge in [-0.3, -0.25) is 19.9 Å². The van der Waals surface area contributed by atoms with E-state index in [9.17, 15) is 4.79 Å². The van der Waals surface area contributed by atoms with Gasteiger partial charge in [-0.25, -0.2) is 0 Å². The fourth-order valence-corrected chi connectivity index (χ4v) is 3.69. The number of nitrogens with zero attached hydrogens (tertiary/aromatic N) is 4. The molecule has 2 aromatic rings. The highest BCUT2D eigenvalue weighted by molar-refractivity contribution is 5.76. The average molecular weight is 327 g/mol. The Balaban J connectivity index is 1.36. The molecule has 0 radical (unpaired) electrons. The molecule has 1 amide bonds. The number of hydrogen-bond acceptors (Lipinski definition) is 5. The number of hydrogen-bond donors (Lipinski definition) is 1. The van der Waals surface area contributed by atoms with E-state index in [4.69, 9.17) is 4.74 Å². The Morgan fingerprint density at radius 1 is 1.29 bits per heavy atom. The van der Waals surface area contributed by atoms with Gasteiger partial charge in [-0.05, 0) is 31.2 Å². The van der Waals surface area contributed by atoms with E-state index < -0.39 is 0 Å². The molecule has 4 rings (SSSR count). The maximum absolute atomic E-state index is 12.5. The van der Waals surface area contributed by atoms with Gasteiger partial charge in [-0.1, -0.05) is 0 Å². The number of aryl methyl sites for hydroxylation is 1. The summed E-state index contributed by atoms with van der Waals surface area (Å²) in [5.74, 6) is 0.177. The number of aromatic nitrogens is 4. The first-order valence-electron chi connectivity index (χ1n) is 8.46. The van der Waals surface area contributed by atoms with Gasteiger partial charge in [-0.15, -0.1) is 0 Å². The zero-order valence-corrected chi connectivity index (χ0v) is 13.6. The van der Waals surface area contributed by atoms with E-state index in [0.29, 0.717) is 12.8 Å². The lowest BCUT2D eigenvalue weighted by Crippen LogP contribution is -2.48. The summed E-state index contributed by atoms with van der Waals surface area (Å²) in [6, 6.07) is 0. The third-order valence-corrected chi connectivity index (χ3v) is 5.06. The van der Waals surface area contributed by atoms with Gasteiger partial charge in [-0.2, -0.15) is 5.10 Å². The first-order valence-corrected chi connectivity index (χ1v) is 8.46. The molecule has 1 N–H and O–H groups in total. The molecule has 7 heteroatoms. The molecule has 0 atom stereocenters. The van der Waals surface area contributed by atoms with Crippen molar-refractivity contribution in [2.45, 2.75) is 37.7 Å². The standard InChI is InChI=1S/C17H21N5O2/c23-15(2-1-14-12-18-6-7-19-14)22-8-4-17(5-9-22)16-13(3-10-24-17)11-20-21-16/h6-7,11-12H,1-5,8-10H2,(H,20,21). The predicted molar refractivity (Wildman–Crippen MR) is 86.1 cm³/mol. The number of ether oxygens (including phenoxy) is 1.